The number of benzene rings is 1. The molecule has 4 heteroatoms. The van der Waals surface area contributed by atoms with Crippen LogP contribution in [0.1, 0.15) is 17.2 Å². The second-order valence-corrected chi connectivity index (χ2v) is 3.56. The molecule has 1 aromatic carbocycles. The molecule has 2 nitrogen and oxygen atoms in total. The first-order chi connectivity index (χ1) is 6.56. The van der Waals surface area contributed by atoms with E-state index in [2.05, 4.69) is 12.6 Å². The average molecular weight is 216 g/mol. The van der Waals surface area contributed by atoms with Gasteiger partial charge in [-0.05, 0) is 30.2 Å². The minimum Gasteiger partial charge on any atom is -0.389 e. The maximum atomic E-state index is 12.9. The van der Waals surface area contributed by atoms with Crippen molar-refractivity contribution in [1.29, 1.82) is 0 Å². The molecule has 0 amide bonds. The van der Waals surface area contributed by atoms with Gasteiger partial charge in [0.2, 0.25) is 0 Å². The Bertz CT molecular complexity index is 317. The summed E-state index contributed by atoms with van der Waals surface area (Å²) in [5, 5.41) is 19.0. The van der Waals surface area contributed by atoms with E-state index in [4.69, 9.17) is 0 Å². The first-order valence-electron chi connectivity index (χ1n) is 4.29. The van der Waals surface area contributed by atoms with Gasteiger partial charge < -0.3 is 10.2 Å². The van der Waals surface area contributed by atoms with Crippen molar-refractivity contribution in [2.45, 2.75) is 19.1 Å². The Morgan fingerprint density at radius 3 is 2.64 bits per heavy atom. The van der Waals surface area contributed by atoms with Crippen molar-refractivity contribution in [2.75, 3.05) is 5.75 Å². The smallest absolute Gasteiger partial charge is 0.123 e. The van der Waals surface area contributed by atoms with Crippen LogP contribution in [0, 0.1) is 12.7 Å². The zero-order valence-electron chi connectivity index (χ0n) is 7.81. The number of aliphatic hydroxyl groups excluding tert-OH is 2. The zero-order valence-corrected chi connectivity index (χ0v) is 8.71. The van der Waals surface area contributed by atoms with Crippen LogP contribution in [0.4, 0.5) is 4.39 Å². The maximum absolute atomic E-state index is 12.9. The predicted molar refractivity (Wildman–Crippen MR) is 56.0 cm³/mol. The number of hydrogen-bond donors (Lipinski definition) is 3. The van der Waals surface area contributed by atoms with Gasteiger partial charge in [-0.3, -0.25) is 0 Å². The van der Waals surface area contributed by atoms with Crippen LogP contribution in [0.15, 0.2) is 18.2 Å². The number of thiol groups is 1. The molecule has 1 rings (SSSR count). The molecule has 14 heavy (non-hydrogen) atoms. The summed E-state index contributed by atoms with van der Waals surface area (Å²) in [6.45, 7) is 1.75. The molecule has 0 fully saturated rings. The minimum atomic E-state index is -1.08. The van der Waals surface area contributed by atoms with Crippen LogP contribution >= 0.6 is 12.6 Å². The van der Waals surface area contributed by atoms with Crippen molar-refractivity contribution in [3.8, 4) is 0 Å². The Morgan fingerprint density at radius 2 is 2.07 bits per heavy atom. The van der Waals surface area contributed by atoms with E-state index in [0.717, 1.165) is 5.56 Å². The summed E-state index contributed by atoms with van der Waals surface area (Å²) in [4.78, 5) is 0. The SMILES string of the molecule is Cc1ccc(F)cc1C(O)C(O)CS. The molecule has 2 atom stereocenters. The molecule has 0 spiro atoms. The fraction of sp³-hybridized carbons (Fsp3) is 0.400. The van der Waals surface area contributed by atoms with Crippen molar-refractivity contribution in [2.24, 2.45) is 0 Å². The second-order valence-electron chi connectivity index (χ2n) is 3.20. The molecular formula is C10H13FO2S. The highest BCUT2D eigenvalue weighted by atomic mass is 32.1. The van der Waals surface area contributed by atoms with Gasteiger partial charge in [-0.2, -0.15) is 12.6 Å². The van der Waals surface area contributed by atoms with Crippen LogP contribution in [-0.2, 0) is 0 Å². The molecule has 0 saturated carbocycles. The topological polar surface area (TPSA) is 40.5 Å². The van der Waals surface area contributed by atoms with Gasteiger partial charge in [0.1, 0.15) is 11.9 Å². The predicted octanol–water partition coefficient (Wildman–Crippen LogP) is 1.46. The Hall–Kier alpha value is -0.580. The van der Waals surface area contributed by atoms with Crippen LogP contribution in [0.25, 0.3) is 0 Å². The standard InChI is InChI=1S/C10H13FO2S/c1-6-2-3-7(11)4-8(6)10(13)9(12)5-14/h2-4,9-10,12-14H,5H2,1H3. The van der Waals surface area contributed by atoms with Crippen LogP contribution in [0.3, 0.4) is 0 Å². The second kappa shape index (κ2) is 4.77. The fourth-order valence-corrected chi connectivity index (χ4v) is 1.44. The molecule has 1 aromatic rings. The number of hydrogen-bond acceptors (Lipinski definition) is 3. The Balaban J connectivity index is 2.99. The molecule has 0 aliphatic heterocycles. The quantitative estimate of drug-likeness (QED) is 0.669. The highest BCUT2D eigenvalue weighted by Gasteiger charge is 2.18. The van der Waals surface area contributed by atoms with Gasteiger partial charge in [-0.15, -0.1) is 0 Å². The molecular weight excluding hydrogens is 203 g/mol. The highest BCUT2D eigenvalue weighted by Crippen LogP contribution is 2.22. The molecule has 0 radical (unpaired) electrons. The van der Waals surface area contributed by atoms with E-state index >= 15 is 0 Å². The van der Waals surface area contributed by atoms with Crippen LogP contribution in [0.2, 0.25) is 0 Å². The lowest BCUT2D eigenvalue weighted by Crippen LogP contribution is -2.20. The van der Waals surface area contributed by atoms with Crippen molar-refractivity contribution in [3.05, 3.63) is 35.1 Å². The fourth-order valence-electron chi connectivity index (χ4n) is 1.24. The van der Waals surface area contributed by atoms with E-state index in [1.807, 2.05) is 0 Å². The third-order valence-corrected chi connectivity index (χ3v) is 2.49. The van der Waals surface area contributed by atoms with Gasteiger partial charge in [0, 0.05) is 5.75 Å². The lowest BCUT2D eigenvalue weighted by atomic mass is 10.00. The Morgan fingerprint density at radius 1 is 1.43 bits per heavy atom. The third-order valence-electron chi connectivity index (χ3n) is 2.11. The molecule has 2 unspecified atom stereocenters. The van der Waals surface area contributed by atoms with Gasteiger partial charge in [0.15, 0.2) is 0 Å². The monoisotopic (exact) mass is 216 g/mol. The molecule has 0 aliphatic rings. The van der Waals surface area contributed by atoms with Crippen LogP contribution < -0.4 is 0 Å². The van der Waals surface area contributed by atoms with Gasteiger partial charge in [0.25, 0.3) is 0 Å². The first-order valence-corrected chi connectivity index (χ1v) is 4.92. The lowest BCUT2D eigenvalue weighted by Gasteiger charge is -2.18. The Kier molecular flexibility index (Phi) is 3.92. The summed E-state index contributed by atoms with van der Waals surface area (Å²) in [6.07, 6.45) is -2.05. The number of halogens is 1. The van der Waals surface area contributed by atoms with E-state index in [1.165, 1.54) is 12.1 Å². The summed E-state index contributed by atoms with van der Waals surface area (Å²) in [7, 11) is 0. The number of aryl methyl sites for hydroxylation is 1. The van der Waals surface area contributed by atoms with Crippen LogP contribution in [0.5, 0.6) is 0 Å². The van der Waals surface area contributed by atoms with E-state index in [1.54, 1.807) is 13.0 Å². The summed E-state index contributed by atoms with van der Waals surface area (Å²) >= 11 is 3.86. The van der Waals surface area contributed by atoms with Gasteiger partial charge in [0.05, 0.1) is 6.10 Å². The molecule has 0 heterocycles. The number of rotatable bonds is 3. The van der Waals surface area contributed by atoms with Crippen LogP contribution in [-0.4, -0.2) is 22.1 Å². The highest BCUT2D eigenvalue weighted by molar-refractivity contribution is 7.80. The lowest BCUT2D eigenvalue weighted by molar-refractivity contribution is 0.0332. The zero-order chi connectivity index (χ0) is 10.7. The van der Waals surface area contributed by atoms with Crippen molar-refractivity contribution in [1.82, 2.24) is 0 Å². The molecule has 0 bridgehead atoms. The van der Waals surface area contributed by atoms with E-state index in [-0.39, 0.29) is 5.75 Å². The summed E-state index contributed by atoms with van der Waals surface area (Å²) in [5.74, 6) is -0.284. The van der Waals surface area contributed by atoms with Gasteiger partial charge >= 0.3 is 0 Å². The maximum Gasteiger partial charge on any atom is 0.123 e. The molecule has 0 aromatic heterocycles. The van der Waals surface area contributed by atoms with Crippen molar-refractivity contribution >= 4 is 12.6 Å². The van der Waals surface area contributed by atoms with Crippen molar-refractivity contribution in [3.63, 3.8) is 0 Å². The third kappa shape index (κ3) is 2.47. The minimum absolute atomic E-state index is 0.136. The van der Waals surface area contributed by atoms with E-state index in [0.29, 0.717) is 5.56 Å². The van der Waals surface area contributed by atoms with E-state index in [9.17, 15) is 14.6 Å². The first kappa shape index (κ1) is 11.5. The average Bonchev–Trinajstić information content (AvgIpc) is 2.19. The summed E-state index contributed by atoms with van der Waals surface area (Å²) in [5.41, 5.74) is 1.16. The molecule has 0 aliphatic carbocycles. The van der Waals surface area contributed by atoms with E-state index < -0.39 is 18.0 Å². The Labute approximate surface area is 87.8 Å². The molecule has 78 valence electrons. The number of aliphatic hydroxyl groups is 2. The normalized spacial score (nSPS) is 15.2. The summed E-state index contributed by atoms with van der Waals surface area (Å²) in [6, 6.07) is 4.12. The van der Waals surface area contributed by atoms with Gasteiger partial charge in [-0.25, -0.2) is 4.39 Å². The van der Waals surface area contributed by atoms with Gasteiger partial charge in [-0.1, -0.05) is 6.07 Å². The summed E-state index contributed by atoms with van der Waals surface area (Å²) < 4.78 is 12.9. The largest absolute Gasteiger partial charge is 0.389 e. The molecule has 0 saturated heterocycles. The van der Waals surface area contributed by atoms with Crippen molar-refractivity contribution < 1.29 is 14.6 Å². The molecule has 2 N–H and O–H groups in total.